The monoisotopic (exact) mass is 892 g/mol. The lowest BCUT2D eigenvalue weighted by Gasteiger charge is -2.13. The van der Waals surface area contributed by atoms with Crippen LogP contribution in [0.25, 0.3) is 121 Å². The van der Waals surface area contributed by atoms with Crippen LogP contribution in [0.4, 0.5) is 0 Å². The summed E-state index contributed by atoms with van der Waals surface area (Å²) in [4.78, 5) is 0. The summed E-state index contributed by atoms with van der Waals surface area (Å²) in [7, 11) is 0. The topological polar surface area (TPSA) is 9.86 Å². The summed E-state index contributed by atoms with van der Waals surface area (Å²) in [5.74, 6) is 0. The Kier molecular flexibility index (Phi) is 9.64. The molecule has 13 aromatic rings. The maximum atomic E-state index is 4.13. The summed E-state index contributed by atoms with van der Waals surface area (Å²) in [5, 5.41) is 12.5. The molecule has 2 heterocycles. The zero-order valence-corrected chi connectivity index (χ0v) is 39.2. The first kappa shape index (κ1) is 41.2. The zero-order chi connectivity index (χ0) is 47.0. The van der Waals surface area contributed by atoms with E-state index in [1.165, 1.54) is 126 Å². The second-order valence-corrected chi connectivity index (χ2v) is 18.6. The van der Waals surface area contributed by atoms with Crippen molar-refractivity contribution in [1.82, 2.24) is 9.13 Å². The van der Waals surface area contributed by atoms with Crippen LogP contribution in [-0.4, -0.2) is 9.13 Å². The van der Waals surface area contributed by atoms with E-state index in [0.29, 0.717) is 0 Å². The minimum absolute atomic E-state index is 1.15. The second kappa shape index (κ2) is 16.4. The quantitative estimate of drug-likeness (QED) is 0.157. The maximum absolute atomic E-state index is 4.13. The molecular formula is C68H48N2. The summed E-state index contributed by atoms with van der Waals surface area (Å²) in [6.07, 6.45) is 3.92. The Morgan fingerprint density at radius 2 is 0.886 bits per heavy atom. The molecule has 0 fully saturated rings. The summed E-state index contributed by atoms with van der Waals surface area (Å²) in [5.41, 5.74) is 19.5. The van der Waals surface area contributed by atoms with Gasteiger partial charge in [-0.2, -0.15) is 0 Å². The molecule has 11 aromatic carbocycles. The molecule has 1 aliphatic rings. The van der Waals surface area contributed by atoms with Crippen LogP contribution in [0, 0.1) is 13.8 Å². The molecular weight excluding hydrogens is 845 g/mol. The molecule has 0 bridgehead atoms. The minimum Gasteiger partial charge on any atom is -0.309 e. The van der Waals surface area contributed by atoms with Gasteiger partial charge in [-0.1, -0.05) is 183 Å². The predicted molar refractivity (Wildman–Crippen MR) is 302 cm³/mol. The van der Waals surface area contributed by atoms with Crippen LogP contribution in [0.1, 0.15) is 22.3 Å². The number of allylic oxidation sites excluding steroid dienone is 4. The SMILES string of the molecule is C=CC1=C(C=C)c2ccc(-c3ccc4cc(-n5c6ccccc6c6cc(-c7ccc8c(c7)c7ccc9ccccc9c7n8-c7ccccc7)ccc65)ccc4c3)c3cccc1c23.Cc1ccccc1C. The Morgan fingerprint density at radius 1 is 0.329 bits per heavy atom. The molecule has 0 radical (unpaired) electrons. The van der Waals surface area contributed by atoms with Crippen molar-refractivity contribution in [2.75, 3.05) is 0 Å². The Hall–Kier alpha value is -8.98. The van der Waals surface area contributed by atoms with Crippen LogP contribution in [0.5, 0.6) is 0 Å². The fourth-order valence-electron chi connectivity index (χ4n) is 11.3. The summed E-state index contributed by atoms with van der Waals surface area (Å²) in [6.45, 7) is 12.5. The number of hydrogen-bond donors (Lipinski definition) is 0. The van der Waals surface area contributed by atoms with Crippen LogP contribution in [-0.2, 0) is 0 Å². The molecule has 14 rings (SSSR count). The predicted octanol–water partition coefficient (Wildman–Crippen LogP) is 18.6. The fraction of sp³-hybridized carbons (Fsp3) is 0.0294. The third-order valence-electron chi connectivity index (χ3n) is 14.8. The van der Waals surface area contributed by atoms with Crippen LogP contribution in [0.2, 0.25) is 0 Å². The van der Waals surface area contributed by atoms with Crippen molar-refractivity contribution in [3.63, 3.8) is 0 Å². The Balaban J connectivity index is 0.000000549. The first-order chi connectivity index (χ1) is 34.5. The van der Waals surface area contributed by atoms with Gasteiger partial charge in [0.2, 0.25) is 0 Å². The molecule has 2 heteroatoms. The average Bonchev–Trinajstić information content (AvgIpc) is 4.05. The van der Waals surface area contributed by atoms with Crippen LogP contribution >= 0.6 is 0 Å². The highest BCUT2D eigenvalue weighted by molar-refractivity contribution is 6.21. The van der Waals surface area contributed by atoms with Crippen molar-refractivity contribution < 1.29 is 0 Å². The van der Waals surface area contributed by atoms with Gasteiger partial charge in [0.05, 0.1) is 22.1 Å². The van der Waals surface area contributed by atoms with E-state index in [1.54, 1.807) is 0 Å². The maximum Gasteiger partial charge on any atom is 0.0619 e. The van der Waals surface area contributed by atoms with E-state index in [9.17, 15) is 0 Å². The molecule has 70 heavy (non-hydrogen) atoms. The number of rotatable bonds is 6. The molecule has 0 N–H and O–H groups in total. The number of fused-ring (bicyclic) bond motifs is 9. The molecule has 0 aliphatic heterocycles. The van der Waals surface area contributed by atoms with Gasteiger partial charge >= 0.3 is 0 Å². The molecule has 330 valence electrons. The Bertz CT molecular complexity index is 4300. The van der Waals surface area contributed by atoms with Crippen molar-refractivity contribution >= 4 is 87.1 Å². The molecule has 2 aromatic heterocycles. The fourth-order valence-corrected chi connectivity index (χ4v) is 11.3. The molecule has 0 amide bonds. The highest BCUT2D eigenvalue weighted by atomic mass is 15.0. The molecule has 0 saturated heterocycles. The minimum atomic E-state index is 1.15. The van der Waals surface area contributed by atoms with Gasteiger partial charge in [-0.25, -0.2) is 0 Å². The van der Waals surface area contributed by atoms with Gasteiger partial charge in [-0.15, -0.1) is 0 Å². The number of benzene rings is 11. The highest BCUT2D eigenvalue weighted by Gasteiger charge is 2.23. The van der Waals surface area contributed by atoms with Crippen LogP contribution in [0.3, 0.4) is 0 Å². The van der Waals surface area contributed by atoms with E-state index < -0.39 is 0 Å². The molecule has 1 aliphatic carbocycles. The summed E-state index contributed by atoms with van der Waals surface area (Å²) >= 11 is 0. The van der Waals surface area contributed by atoms with Crippen LogP contribution in [0.15, 0.2) is 244 Å². The van der Waals surface area contributed by atoms with E-state index in [4.69, 9.17) is 0 Å². The third-order valence-corrected chi connectivity index (χ3v) is 14.8. The number of aryl methyl sites for hydroxylation is 2. The second-order valence-electron chi connectivity index (χ2n) is 18.6. The number of para-hydroxylation sites is 2. The highest BCUT2D eigenvalue weighted by Crippen LogP contribution is 2.46. The van der Waals surface area contributed by atoms with E-state index >= 15 is 0 Å². The van der Waals surface area contributed by atoms with E-state index in [2.05, 4.69) is 255 Å². The van der Waals surface area contributed by atoms with E-state index in [0.717, 1.165) is 16.8 Å². The zero-order valence-electron chi connectivity index (χ0n) is 39.2. The summed E-state index contributed by atoms with van der Waals surface area (Å²) < 4.78 is 4.86. The van der Waals surface area contributed by atoms with E-state index in [1.807, 2.05) is 12.2 Å². The first-order valence-electron chi connectivity index (χ1n) is 24.1. The first-order valence-corrected chi connectivity index (χ1v) is 24.1. The van der Waals surface area contributed by atoms with E-state index in [-0.39, 0.29) is 0 Å². The van der Waals surface area contributed by atoms with Gasteiger partial charge in [0.15, 0.2) is 0 Å². The number of hydrogen-bond acceptors (Lipinski definition) is 0. The van der Waals surface area contributed by atoms with Crippen molar-refractivity contribution in [2.24, 2.45) is 0 Å². The molecule has 0 saturated carbocycles. The van der Waals surface area contributed by atoms with Gasteiger partial charge < -0.3 is 9.13 Å². The smallest absolute Gasteiger partial charge is 0.0619 e. The third kappa shape index (κ3) is 6.41. The molecule has 2 nitrogen and oxygen atoms in total. The lowest BCUT2D eigenvalue weighted by molar-refractivity contribution is 1.19. The lowest BCUT2D eigenvalue weighted by Crippen LogP contribution is -1.94. The molecule has 0 unspecified atom stereocenters. The Morgan fingerprint density at radius 3 is 1.63 bits per heavy atom. The van der Waals surface area contributed by atoms with Gasteiger partial charge in [-0.3, -0.25) is 0 Å². The number of nitrogens with zero attached hydrogens (tertiary/aromatic N) is 2. The van der Waals surface area contributed by atoms with Gasteiger partial charge in [-0.05, 0) is 157 Å². The van der Waals surface area contributed by atoms with Crippen molar-refractivity contribution in [3.8, 4) is 33.6 Å². The largest absolute Gasteiger partial charge is 0.309 e. The number of aromatic nitrogens is 2. The lowest BCUT2D eigenvalue weighted by atomic mass is 9.92. The van der Waals surface area contributed by atoms with Crippen molar-refractivity contribution in [1.29, 1.82) is 0 Å². The van der Waals surface area contributed by atoms with Crippen molar-refractivity contribution in [3.05, 3.63) is 266 Å². The van der Waals surface area contributed by atoms with Gasteiger partial charge in [0.25, 0.3) is 0 Å². The average molecular weight is 893 g/mol. The van der Waals surface area contributed by atoms with Gasteiger partial charge in [0.1, 0.15) is 0 Å². The van der Waals surface area contributed by atoms with Crippen LogP contribution < -0.4 is 0 Å². The van der Waals surface area contributed by atoms with Crippen molar-refractivity contribution in [2.45, 2.75) is 13.8 Å². The normalized spacial score (nSPS) is 12.2. The van der Waals surface area contributed by atoms with Gasteiger partial charge in [0, 0.05) is 38.3 Å². The Labute approximate surface area is 407 Å². The summed E-state index contributed by atoms with van der Waals surface area (Å²) in [6, 6.07) is 80.1. The molecule has 0 spiro atoms. The molecule has 0 atom stereocenters. The standard InChI is InChI=1S/C60H38N2.C8H10/c1-3-45-46(4-2)52-30-29-47(51-19-12-18-50(45)59(51)52)42-22-21-39-34-44(27-23-38(39)33-42)61-56-20-11-10-17-49(56)54-35-40(25-31-57(54)61)41-26-32-58-55(36-41)53-28-24-37-13-8-9-16-48(37)60(53)62(58)43-14-6-5-7-15-43;1-7-5-3-4-6-8(7)2/h3-36H,1-2H2;3-6H,1-2H3.